The van der Waals surface area contributed by atoms with Crippen molar-refractivity contribution in [2.24, 2.45) is 5.41 Å². The van der Waals surface area contributed by atoms with Crippen molar-refractivity contribution in [1.29, 1.82) is 0 Å². The molecule has 1 saturated heterocycles. The molecule has 0 radical (unpaired) electrons. The molecule has 1 aliphatic rings. The van der Waals surface area contributed by atoms with Gasteiger partial charge >= 0.3 is 6.03 Å². The highest BCUT2D eigenvalue weighted by atomic mass is 35.5. The van der Waals surface area contributed by atoms with Crippen LogP contribution in [0.5, 0.6) is 0 Å². The van der Waals surface area contributed by atoms with Crippen molar-refractivity contribution in [3.05, 3.63) is 29.0 Å². The second-order valence-electron chi connectivity index (χ2n) is 5.51. The van der Waals surface area contributed by atoms with E-state index in [1.54, 1.807) is 4.90 Å². The monoisotopic (exact) mass is 300 g/mol. The van der Waals surface area contributed by atoms with Crippen LogP contribution in [0.4, 0.5) is 14.9 Å². The Bertz CT molecular complexity index is 502. The van der Waals surface area contributed by atoms with E-state index in [-0.39, 0.29) is 23.1 Å². The summed E-state index contributed by atoms with van der Waals surface area (Å²) in [5.74, 6) is -0.440. The zero-order valence-electron chi connectivity index (χ0n) is 11.3. The Morgan fingerprint density at radius 1 is 1.50 bits per heavy atom. The van der Waals surface area contributed by atoms with Crippen LogP contribution in [-0.4, -0.2) is 35.7 Å². The molecule has 1 aliphatic heterocycles. The first-order valence-corrected chi connectivity index (χ1v) is 6.93. The number of anilines is 1. The molecule has 0 aromatic heterocycles. The highest BCUT2D eigenvalue weighted by molar-refractivity contribution is 6.33. The number of rotatable bonds is 2. The quantitative estimate of drug-likeness (QED) is 0.882. The summed E-state index contributed by atoms with van der Waals surface area (Å²) in [6, 6.07) is 3.60. The van der Waals surface area contributed by atoms with E-state index in [1.807, 2.05) is 6.92 Å². The van der Waals surface area contributed by atoms with Gasteiger partial charge in [-0.2, -0.15) is 0 Å². The van der Waals surface area contributed by atoms with Gasteiger partial charge in [0, 0.05) is 19.7 Å². The first-order chi connectivity index (χ1) is 9.43. The van der Waals surface area contributed by atoms with Gasteiger partial charge < -0.3 is 15.3 Å². The standard InChI is InChI=1S/C14H18ClFN2O2/c1-14(9-19)4-6-18(7-5-14)13(20)17-12-3-2-10(16)8-11(12)15/h2-3,8,19H,4-7,9H2,1H3,(H,17,20). The second-order valence-corrected chi connectivity index (χ2v) is 5.92. The lowest BCUT2D eigenvalue weighted by atomic mass is 9.81. The van der Waals surface area contributed by atoms with Crippen LogP contribution in [0.25, 0.3) is 0 Å². The first kappa shape index (κ1) is 15.1. The van der Waals surface area contributed by atoms with Crippen LogP contribution in [-0.2, 0) is 0 Å². The normalized spacial score (nSPS) is 17.9. The summed E-state index contributed by atoms with van der Waals surface area (Å²) in [6.45, 7) is 3.31. The number of nitrogens with zero attached hydrogens (tertiary/aromatic N) is 1. The van der Waals surface area contributed by atoms with Gasteiger partial charge in [-0.1, -0.05) is 18.5 Å². The summed E-state index contributed by atoms with van der Waals surface area (Å²) < 4.78 is 12.9. The van der Waals surface area contributed by atoms with Gasteiger partial charge in [0.05, 0.1) is 10.7 Å². The minimum atomic E-state index is -0.440. The molecular formula is C14H18ClFN2O2. The van der Waals surface area contributed by atoms with Gasteiger partial charge in [-0.25, -0.2) is 9.18 Å². The van der Waals surface area contributed by atoms with Gasteiger partial charge in [0.1, 0.15) is 5.82 Å². The van der Waals surface area contributed by atoms with E-state index in [0.717, 1.165) is 18.9 Å². The van der Waals surface area contributed by atoms with Crippen LogP contribution in [0.1, 0.15) is 19.8 Å². The Morgan fingerprint density at radius 2 is 2.15 bits per heavy atom. The van der Waals surface area contributed by atoms with Crippen molar-refractivity contribution in [3.63, 3.8) is 0 Å². The minimum Gasteiger partial charge on any atom is -0.396 e. The largest absolute Gasteiger partial charge is 0.396 e. The molecule has 1 aromatic carbocycles. The molecule has 1 aromatic rings. The highest BCUT2D eigenvalue weighted by Crippen LogP contribution is 2.30. The number of aliphatic hydroxyl groups is 1. The zero-order valence-corrected chi connectivity index (χ0v) is 12.1. The van der Waals surface area contributed by atoms with Gasteiger partial charge in [-0.3, -0.25) is 0 Å². The SMILES string of the molecule is CC1(CO)CCN(C(=O)Nc2ccc(F)cc2Cl)CC1. The van der Waals surface area contributed by atoms with Gasteiger partial charge in [0.2, 0.25) is 0 Å². The molecule has 20 heavy (non-hydrogen) atoms. The number of benzene rings is 1. The Labute approximate surface area is 122 Å². The molecule has 0 saturated carbocycles. The van der Waals surface area contributed by atoms with E-state index in [0.29, 0.717) is 18.8 Å². The molecule has 0 spiro atoms. The maximum Gasteiger partial charge on any atom is 0.321 e. The molecule has 0 aliphatic carbocycles. The lowest BCUT2D eigenvalue weighted by Gasteiger charge is -2.38. The Kier molecular flexibility index (Phi) is 4.50. The number of nitrogens with one attached hydrogen (secondary N) is 1. The smallest absolute Gasteiger partial charge is 0.321 e. The van der Waals surface area contributed by atoms with Crippen LogP contribution in [0.15, 0.2) is 18.2 Å². The third-order valence-electron chi connectivity index (χ3n) is 3.81. The fourth-order valence-electron chi connectivity index (χ4n) is 2.19. The van der Waals surface area contributed by atoms with Gasteiger partial charge in [0.15, 0.2) is 0 Å². The van der Waals surface area contributed by atoms with E-state index in [2.05, 4.69) is 5.32 Å². The van der Waals surface area contributed by atoms with Crippen molar-refractivity contribution in [3.8, 4) is 0 Å². The number of urea groups is 1. The number of hydrogen-bond donors (Lipinski definition) is 2. The molecular weight excluding hydrogens is 283 g/mol. The van der Waals surface area contributed by atoms with Crippen molar-refractivity contribution in [2.45, 2.75) is 19.8 Å². The van der Waals surface area contributed by atoms with Crippen LogP contribution >= 0.6 is 11.6 Å². The van der Waals surface area contributed by atoms with E-state index >= 15 is 0 Å². The molecule has 2 rings (SSSR count). The Balaban J connectivity index is 1.96. The Hall–Kier alpha value is -1.33. The first-order valence-electron chi connectivity index (χ1n) is 6.55. The van der Waals surface area contributed by atoms with Crippen LogP contribution in [0, 0.1) is 11.2 Å². The highest BCUT2D eigenvalue weighted by Gasteiger charge is 2.31. The van der Waals surface area contributed by atoms with E-state index in [4.69, 9.17) is 11.6 Å². The molecule has 0 bridgehead atoms. The lowest BCUT2D eigenvalue weighted by Crippen LogP contribution is -2.45. The van der Waals surface area contributed by atoms with Gasteiger partial charge in [0.25, 0.3) is 0 Å². The van der Waals surface area contributed by atoms with Crippen molar-refractivity contribution >= 4 is 23.3 Å². The summed E-state index contributed by atoms with van der Waals surface area (Å²) in [4.78, 5) is 13.8. The molecule has 0 atom stereocenters. The number of hydrogen-bond acceptors (Lipinski definition) is 2. The molecule has 110 valence electrons. The maximum atomic E-state index is 12.9. The number of carbonyl (C=O) groups excluding carboxylic acids is 1. The van der Waals surface area contributed by atoms with E-state index < -0.39 is 5.82 Å². The fourth-order valence-corrected chi connectivity index (χ4v) is 2.41. The summed E-state index contributed by atoms with van der Waals surface area (Å²) in [5, 5.41) is 12.2. The third kappa shape index (κ3) is 3.41. The maximum absolute atomic E-state index is 12.9. The number of amides is 2. The second kappa shape index (κ2) is 5.97. The van der Waals surface area contributed by atoms with Crippen molar-refractivity contribution < 1.29 is 14.3 Å². The van der Waals surface area contributed by atoms with E-state index in [9.17, 15) is 14.3 Å². The van der Waals surface area contributed by atoms with Crippen LogP contribution < -0.4 is 5.32 Å². The summed E-state index contributed by atoms with van der Waals surface area (Å²) >= 11 is 5.87. The average Bonchev–Trinajstić information content (AvgIpc) is 2.42. The van der Waals surface area contributed by atoms with E-state index in [1.165, 1.54) is 12.1 Å². The minimum absolute atomic E-state index is 0.107. The average molecular weight is 301 g/mol. The summed E-state index contributed by atoms with van der Waals surface area (Å²) in [6.07, 6.45) is 1.52. The van der Waals surface area contributed by atoms with Crippen molar-refractivity contribution in [2.75, 3.05) is 25.0 Å². The number of piperidine rings is 1. The number of carbonyl (C=O) groups is 1. The topological polar surface area (TPSA) is 52.6 Å². The number of likely N-dealkylation sites (tertiary alicyclic amines) is 1. The molecule has 0 unspecified atom stereocenters. The fraction of sp³-hybridized carbons (Fsp3) is 0.500. The summed E-state index contributed by atoms with van der Waals surface area (Å²) in [7, 11) is 0. The third-order valence-corrected chi connectivity index (χ3v) is 4.12. The summed E-state index contributed by atoms with van der Waals surface area (Å²) in [5.41, 5.74) is 0.290. The number of aliphatic hydroxyl groups excluding tert-OH is 1. The lowest BCUT2D eigenvalue weighted by molar-refractivity contribution is 0.0728. The molecule has 2 amide bonds. The van der Waals surface area contributed by atoms with Gasteiger partial charge in [-0.05, 0) is 36.5 Å². The number of halogens is 2. The van der Waals surface area contributed by atoms with Gasteiger partial charge in [-0.15, -0.1) is 0 Å². The predicted molar refractivity (Wildman–Crippen MR) is 76.4 cm³/mol. The molecule has 1 heterocycles. The molecule has 2 N–H and O–H groups in total. The molecule has 4 nitrogen and oxygen atoms in total. The molecule has 1 fully saturated rings. The Morgan fingerprint density at radius 3 is 2.70 bits per heavy atom. The zero-order chi connectivity index (χ0) is 14.8. The van der Waals surface area contributed by atoms with Crippen LogP contribution in [0.2, 0.25) is 5.02 Å². The molecule has 6 heteroatoms. The van der Waals surface area contributed by atoms with Crippen molar-refractivity contribution in [1.82, 2.24) is 4.90 Å². The predicted octanol–water partition coefficient (Wildman–Crippen LogP) is 3.11. The van der Waals surface area contributed by atoms with Crippen LogP contribution in [0.3, 0.4) is 0 Å².